The van der Waals surface area contributed by atoms with Gasteiger partial charge >= 0.3 is 5.69 Å². The van der Waals surface area contributed by atoms with Crippen molar-refractivity contribution in [1.82, 2.24) is 0 Å². The second-order valence-corrected chi connectivity index (χ2v) is 5.19. The number of halogens is 2. The van der Waals surface area contributed by atoms with Crippen molar-refractivity contribution < 1.29 is 9.66 Å². The van der Waals surface area contributed by atoms with Crippen molar-refractivity contribution in [3.8, 4) is 11.5 Å². The Labute approximate surface area is 126 Å². The molecule has 19 heavy (non-hydrogen) atoms. The Hall–Kier alpha value is -1.40. The molecule has 0 aliphatic carbocycles. The van der Waals surface area contributed by atoms with Gasteiger partial charge in [0, 0.05) is 21.4 Å². The second kappa shape index (κ2) is 6.16. The SMILES string of the molecule is O=[N+]([O-])c1cc(Br)ccc1Oc1ccccc1CBr. The minimum absolute atomic E-state index is 0.0706. The maximum absolute atomic E-state index is 11.0. The van der Waals surface area contributed by atoms with Gasteiger partial charge in [-0.3, -0.25) is 10.1 Å². The molecule has 98 valence electrons. The van der Waals surface area contributed by atoms with E-state index >= 15 is 0 Å². The van der Waals surface area contributed by atoms with Gasteiger partial charge in [0.05, 0.1) is 4.92 Å². The number of hydrogen-bond acceptors (Lipinski definition) is 3. The number of hydrogen-bond donors (Lipinski definition) is 0. The fourth-order valence-corrected chi connectivity index (χ4v) is 2.36. The van der Waals surface area contributed by atoms with E-state index in [0.29, 0.717) is 15.6 Å². The molecule has 2 aromatic carbocycles. The normalized spacial score (nSPS) is 10.2. The van der Waals surface area contributed by atoms with Crippen LogP contribution in [0.15, 0.2) is 46.9 Å². The van der Waals surface area contributed by atoms with Crippen molar-refractivity contribution in [2.45, 2.75) is 5.33 Å². The number of rotatable bonds is 4. The third-order valence-electron chi connectivity index (χ3n) is 2.45. The smallest absolute Gasteiger partial charge is 0.312 e. The van der Waals surface area contributed by atoms with Gasteiger partial charge < -0.3 is 4.74 Å². The first-order chi connectivity index (χ1) is 9.11. The molecule has 0 aliphatic rings. The molecule has 0 spiro atoms. The number of nitrogens with zero attached hydrogens (tertiary/aromatic N) is 1. The first-order valence-electron chi connectivity index (χ1n) is 5.37. The van der Waals surface area contributed by atoms with Crippen LogP contribution in [0, 0.1) is 10.1 Å². The van der Waals surface area contributed by atoms with Crippen LogP contribution in [0.1, 0.15) is 5.56 Å². The number of nitro benzene ring substituents is 1. The molecule has 0 amide bonds. The van der Waals surface area contributed by atoms with Crippen LogP contribution in [0.4, 0.5) is 5.69 Å². The van der Waals surface area contributed by atoms with Gasteiger partial charge in [-0.05, 0) is 18.2 Å². The van der Waals surface area contributed by atoms with Crippen molar-refractivity contribution in [2.75, 3.05) is 0 Å². The Balaban J connectivity index is 2.41. The minimum atomic E-state index is -0.461. The quantitative estimate of drug-likeness (QED) is 0.420. The molecule has 0 saturated heterocycles. The summed E-state index contributed by atoms with van der Waals surface area (Å²) in [7, 11) is 0. The summed E-state index contributed by atoms with van der Waals surface area (Å²) in [5.74, 6) is 0.825. The Kier molecular flexibility index (Phi) is 4.55. The van der Waals surface area contributed by atoms with Gasteiger partial charge in [0.15, 0.2) is 0 Å². The Morgan fingerprint density at radius 1 is 1.16 bits per heavy atom. The molecule has 0 bridgehead atoms. The van der Waals surface area contributed by atoms with Crippen LogP contribution < -0.4 is 4.74 Å². The summed E-state index contributed by atoms with van der Waals surface area (Å²) >= 11 is 6.57. The summed E-state index contributed by atoms with van der Waals surface area (Å²) < 4.78 is 6.29. The zero-order chi connectivity index (χ0) is 13.8. The molecule has 0 atom stereocenters. The van der Waals surface area contributed by atoms with Gasteiger partial charge in [-0.15, -0.1) is 0 Å². The lowest BCUT2D eigenvalue weighted by molar-refractivity contribution is -0.385. The lowest BCUT2D eigenvalue weighted by Crippen LogP contribution is -1.95. The first kappa shape index (κ1) is 14.0. The Morgan fingerprint density at radius 2 is 1.89 bits per heavy atom. The zero-order valence-corrected chi connectivity index (χ0v) is 12.8. The van der Waals surface area contributed by atoms with Crippen molar-refractivity contribution in [1.29, 1.82) is 0 Å². The van der Waals surface area contributed by atoms with Gasteiger partial charge in [-0.2, -0.15) is 0 Å². The molecule has 0 N–H and O–H groups in total. The van der Waals surface area contributed by atoms with E-state index in [0.717, 1.165) is 5.56 Å². The van der Waals surface area contributed by atoms with Crippen LogP contribution in [0.3, 0.4) is 0 Å². The standard InChI is InChI=1S/C13H9Br2NO3/c14-8-9-3-1-2-4-12(9)19-13-6-5-10(15)7-11(13)16(17)18/h1-7H,8H2. The topological polar surface area (TPSA) is 52.4 Å². The van der Waals surface area contributed by atoms with Crippen molar-refractivity contribution in [3.05, 3.63) is 62.6 Å². The van der Waals surface area contributed by atoms with Crippen LogP contribution in [-0.2, 0) is 5.33 Å². The van der Waals surface area contributed by atoms with E-state index in [4.69, 9.17) is 4.74 Å². The molecule has 0 fully saturated rings. The zero-order valence-electron chi connectivity index (χ0n) is 9.68. The van der Waals surface area contributed by atoms with Gasteiger partial charge in [0.25, 0.3) is 0 Å². The number of nitro groups is 1. The molecule has 0 saturated carbocycles. The molecule has 6 heteroatoms. The predicted molar refractivity (Wildman–Crippen MR) is 79.9 cm³/mol. The maximum Gasteiger partial charge on any atom is 0.312 e. The number of ether oxygens (including phenoxy) is 1. The van der Waals surface area contributed by atoms with Crippen LogP contribution in [0.2, 0.25) is 0 Å². The van der Waals surface area contributed by atoms with E-state index in [2.05, 4.69) is 31.9 Å². The van der Waals surface area contributed by atoms with Crippen molar-refractivity contribution in [3.63, 3.8) is 0 Å². The van der Waals surface area contributed by atoms with Crippen molar-refractivity contribution >= 4 is 37.5 Å². The highest BCUT2D eigenvalue weighted by Crippen LogP contribution is 2.35. The van der Waals surface area contributed by atoms with Crippen LogP contribution in [0.5, 0.6) is 11.5 Å². The summed E-state index contributed by atoms with van der Waals surface area (Å²) in [5, 5.41) is 11.6. The lowest BCUT2D eigenvalue weighted by Gasteiger charge is -2.09. The van der Waals surface area contributed by atoms with E-state index in [-0.39, 0.29) is 11.4 Å². The molecule has 0 unspecified atom stereocenters. The number of para-hydroxylation sites is 1. The Bertz CT molecular complexity index is 617. The van der Waals surface area contributed by atoms with E-state index in [1.807, 2.05) is 18.2 Å². The maximum atomic E-state index is 11.0. The molecule has 0 aromatic heterocycles. The molecule has 2 aromatic rings. The first-order valence-corrected chi connectivity index (χ1v) is 7.29. The van der Waals surface area contributed by atoms with E-state index in [9.17, 15) is 10.1 Å². The van der Waals surface area contributed by atoms with Gasteiger partial charge in [-0.25, -0.2) is 0 Å². The summed E-state index contributed by atoms with van der Waals surface area (Å²) in [6.07, 6.45) is 0. The molecule has 0 radical (unpaired) electrons. The third-order valence-corrected chi connectivity index (χ3v) is 3.55. The average molecular weight is 387 g/mol. The van der Waals surface area contributed by atoms with Gasteiger partial charge in [-0.1, -0.05) is 50.1 Å². The van der Waals surface area contributed by atoms with Gasteiger partial charge in [0.1, 0.15) is 5.75 Å². The molecule has 0 heterocycles. The summed E-state index contributed by atoms with van der Waals surface area (Å²) in [6.45, 7) is 0. The lowest BCUT2D eigenvalue weighted by atomic mass is 10.2. The summed E-state index contributed by atoms with van der Waals surface area (Å²) in [5.41, 5.74) is 0.860. The monoisotopic (exact) mass is 385 g/mol. The third kappa shape index (κ3) is 3.33. The molecular weight excluding hydrogens is 378 g/mol. The molecular formula is C13H9Br2NO3. The summed E-state index contributed by atoms with van der Waals surface area (Å²) in [4.78, 5) is 10.6. The van der Waals surface area contributed by atoms with Crippen LogP contribution in [0.25, 0.3) is 0 Å². The van der Waals surface area contributed by atoms with E-state index < -0.39 is 4.92 Å². The number of alkyl halides is 1. The minimum Gasteiger partial charge on any atom is -0.450 e. The fourth-order valence-electron chi connectivity index (χ4n) is 1.55. The van der Waals surface area contributed by atoms with Crippen LogP contribution >= 0.6 is 31.9 Å². The highest BCUT2D eigenvalue weighted by atomic mass is 79.9. The Morgan fingerprint density at radius 3 is 2.58 bits per heavy atom. The number of benzene rings is 2. The van der Waals surface area contributed by atoms with E-state index in [1.54, 1.807) is 18.2 Å². The molecule has 0 aliphatic heterocycles. The second-order valence-electron chi connectivity index (χ2n) is 3.71. The van der Waals surface area contributed by atoms with Crippen LogP contribution in [-0.4, -0.2) is 4.92 Å². The molecule has 2 rings (SSSR count). The highest BCUT2D eigenvalue weighted by Gasteiger charge is 2.17. The highest BCUT2D eigenvalue weighted by molar-refractivity contribution is 9.10. The summed E-state index contributed by atoms with van der Waals surface area (Å²) in [6, 6.07) is 12.1. The largest absolute Gasteiger partial charge is 0.450 e. The molecule has 4 nitrogen and oxygen atoms in total. The predicted octanol–water partition coefficient (Wildman–Crippen LogP) is 5.04. The van der Waals surface area contributed by atoms with Crippen molar-refractivity contribution in [2.24, 2.45) is 0 Å². The van der Waals surface area contributed by atoms with Gasteiger partial charge in [0.2, 0.25) is 5.75 Å². The van der Waals surface area contributed by atoms with E-state index in [1.165, 1.54) is 6.07 Å². The average Bonchev–Trinajstić information content (AvgIpc) is 2.41. The fraction of sp³-hybridized carbons (Fsp3) is 0.0769.